The summed E-state index contributed by atoms with van der Waals surface area (Å²) >= 11 is 0. The van der Waals surface area contributed by atoms with Gasteiger partial charge in [0, 0.05) is 18.1 Å². The van der Waals surface area contributed by atoms with E-state index in [1.54, 1.807) is 0 Å². The molecular formula is C15H30N2O. The topological polar surface area (TPSA) is 24.5 Å². The summed E-state index contributed by atoms with van der Waals surface area (Å²) in [6, 6.07) is 0.874. The number of ether oxygens (including phenoxy) is 1. The van der Waals surface area contributed by atoms with Gasteiger partial charge in [0.15, 0.2) is 0 Å². The molecule has 106 valence electrons. The minimum atomic E-state index is 0.242. The Morgan fingerprint density at radius 3 is 2.67 bits per heavy atom. The zero-order valence-electron chi connectivity index (χ0n) is 12.2. The molecule has 0 atom stereocenters. The lowest BCUT2D eigenvalue weighted by molar-refractivity contribution is -0.0513. The molecule has 1 aliphatic heterocycles. The first kappa shape index (κ1) is 14.3. The standard InChI is InChI=1S/C15H30N2O/c1-15(2)13-18-12-11-17(15)10-6-4-3-5-9-16-14-7-8-14/h14,16H,3-13H2,1-2H3. The van der Waals surface area contributed by atoms with E-state index in [4.69, 9.17) is 4.74 Å². The van der Waals surface area contributed by atoms with Gasteiger partial charge >= 0.3 is 0 Å². The third-order valence-electron chi connectivity index (χ3n) is 4.18. The van der Waals surface area contributed by atoms with E-state index in [1.165, 1.54) is 51.6 Å². The quantitative estimate of drug-likeness (QED) is 0.673. The summed E-state index contributed by atoms with van der Waals surface area (Å²) in [5.41, 5.74) is 0.242. The molecule has 1 aliphatic carbocycles. The van der Waals surface area contributed by atoms with Gasteiger partial charge in [0.25, 0.3) is 0 Å². The number of nitrogens with one attached hydrogen (secondary N) is 1. The molecular weight excluding hydrogens is 224 g/mol. The number of morpholine rings is 1. The Morgan fingerprint density at radius 1 is 1.17 bits per heavy atom. The van der Waals surface area contributed by atoms with Crippen molar-refractivity contribution in [3.63, 3.8) is 0 Å². The summed E-state index contributed by atoms with van der Waals surface area (Å²) in [5, 5.41) is 3.58. The van der Waals surface area contributed by atoms with Crippen molar-refractivity contribution in [1.29, 1.82) is 0 Å². The fourth-order valence-electron chi connectivity index (χ4n) is 2.68. The van der Waals surface area contributed by atoms with Crippen LogP contribution in [0.25, 0.3) is 0 Å². The highest BCUT2D eigenvalue weighted by Gasteiger charge is 2.29. The maximum atomic E-state index is 5.55. The number of rotatable bonds is 8. The normalized spacial score (nSPS) is 24.3. The van der Waals surface area contributed by atoms with E-state index in [0.29, 0.717) is 0 Å². The Morgan fingerprint density at radius 2 is 1.94 bits per heavy atom. The van der Waals surface area contributed by atoms with Crippen molar-refractivity contribution in [2.75, 3.05) is 32.8 Å². The smallest absolute Gasteiger partial charge is 0.0645 e. The second-order valence-electron chi connectivity index (χ2n) is 6.49. The van der Waals surface area contributed by atoms with Crippen molar-refractivity contribution >= 4 is 0 Å². The largest absolute Gasteiger partial charge is 0.378 e. The molecule has 0 amide bonds. The minimum Gasteiger partial charge on any atom is -0.378 e. The van der Waals surface area contributed by atoms with E-state index in [1.807, 2.05) is 0 Å². The fourth-order valence-corrected chi connectivity index (χ4v) is 2.68. The highest BCUT2D eigenvalue weighted by atomic mass is 16.5. The van der Waals surface area contributed by atoms with Crippen LogP contribution in [0.2, 0.25) is 0 Å². The Kier molecular flexibility index (Phi) is 5.46. The van der Waals surface area contributed by atoms with Crippen LogP contribution in [0.4, 0.5) is 0 Å². The van der Waals surface area contributed by atoms with Gasteiger partial charge in [0.2, 0.25) is 0 Å². The van der Waals surface area contributed by atoms with Crippen molar-refractivity contribution in [2.45, 2.75) is 64.0 Å². The van der Waals surface area contributed by atoms with Crippen LogP contribution in [0.1, 0.15) is 52.4 Å². The van der Waals surface area contributed by atoms with Gasteiger partial charge in [-0.1, -0.05) is 12.8 Å². The Labute approximate surface area is 112 Å². The van der Waals surface area contributed by atoms with Gasteiger partial charge in [-0.15, -0.1) is 0 Å². The van der Waals surface area contributed by atoms with Crippen molar-refractivity contribution < 1.29 is 4.74 Å². The molecule has 2 fully saturated rings. The SMILES string of the molecule is CC1(C)COCCN1CCCCCCNC1CC1. The van der Waals surface area contributed by atoms with E-state index in [9.17, 15) is 0 Å². The van der Waals surface area contributed by atoms with Crippen molar-refractivity contribution in [1.82, 2.24) is 10.2 Å². The summed E-state index contributed by atoms with van der Waals surface area (Å²) in [6.45, 7) is 9.97. The summed E-state index contributed by atoms with van der Waals surface area (Å²) in [5.74, 6) is 0. The molecule has 1 N–H and O–H groups in total. The first-order valence-corrected chi connectivity index (χ1v) is 7.75. The van der Waals surface area contributed by atoms with Crippen molar-refractivity contribution in [2.24, 2.45) is 0 Å². The first-order chi connectivity index (χ1) is 8.68. The lowest BCUT2D eigenvalue weighted by Crippen LogP contribution is -2.53. The third-order valence-corrected chi connectivity index (χ3v) is 4.18. The van der Waals surface area contributed by atoms with Gasteiger partial charge in [0.1, 0.15) is 0 Å². The molecule has 0 spiro atoms. The van der Waals surface area contributed by atoms with E-state index in [2.05, 4.69) is 24.1 Å². The second kappa shape index (κ2) is 6.88. The van der Waals surface area contributed by atoms with Gasteiger partial charge in [-0.05, 0) is 52.6 Å². The molecule has 0 bridgehead atoms. The predicted molar refractivity (Wildman–Crippen MR) is 76.0 cm³/mol. The van der Waals surface area contributed by atoms with Crippen LogP contribution in [0.15, 0.2) is 0 Å². The highest BCUT2D eigenvalue weighted by molar-refractivity contribution is 4.84. The average Bonchev–Trinajstić information content (AvgIpc) is 3.13. The number of nitrogens with zero attached hydrogens (tertiary/aromatic N) is 1. The van der Waals surface area contributed by atoms with Crippen molar-refractivity contribution in [3.8, 4) is 0 Å². The molecule has 0 radical (unpaired) electrons. The molecule has 1 saturated carbocycles. The maximum Gasteiger partial charge on any atom is 0.0645 e. The molecule has 0 aromatic heterocycles. The van der Waals surface area contributed by atoms with Crippen LogP contribution in [-0.4, -0.2) is 49.3 Å². The zero-order valence-corrected chi connectivity index (χ0v) is 12.2. The van der Waals surface area contributed by atoms with Gasteiger partial charge in [-0.25, -0.2) is 0 Å². The summed E-state index contributed by atoms with van der Waals surface area (Å²) in [7, 11) is 0. The summed E-state index contributed by atoms with van der Waals surface area (Å²) in [4.78, 5) is 2.60. The molecule has 2 rings (SSSR count). The van der Waals surface area contributed by atoms with Gasteiger partial charge in [-0.2, -0.15) is 0 Å². The fraction of sp³-hybridized carbons (Fsp3) is 1.00. The maximum absolute atomic E-state index is 5.55. The third kappa shape index (κ3) is 4.87. The average molecular weight is 254 g/mol. The molecule has 2 aliphatic rings. The predicted octanol–water partition coefficient (Wildman–Crippen LogP) is 2.41. The molecule has 0 unspecified atom stereocenters. The first-order valence-electron chi connectivity index (χ1n) is 7.75. The minimum absolute atomic E-state index is 0.242. The Hall–Kier alpha value is -0.120. The highest BCUT2D eigenvalue weighted by Crippen LogP contribution is 2.20. The molecule has 3 heteroatoms. The van der Waals surface area contributed by atoms with Crippen LogP contribution >= 0.6 is 0 Å². The lowest BCUT2D eigenvalue weighted by Gasteiger charge is -2.42. The van der Waals surface area contributed by atoms with Crippen LogP contribution < -0.4 is 5.32 Å². The van der Waals surface area contributed by atoms with Crippen molar-refractivity contribution in [3.05, 3.63) is 0 Å². The van der Waals surface area contributed by atoms with E-state index in [0.717, 1.165) is 25.8 Å². The second-order valence-corrected chi connectivity index (χ2v) is 6.49. The lowest BCUT2D eigenvalue weighted by atomic mass is 10.0. The monoisotopic (exact) mass is 254 g/mol. The zero-order chi connectivity index (χ0) is 12.8. The van der Waals surface area contributed by atoms with Crippen LogP contribution in [-0.2, 0) is 4.74 Å². The summed E-state index contributed by atoms with van der Waals surface area (Å²) in [6.07, 6.45) is 8.26. The summed E-state index contributed by atoms with van der Waals surface area (Å²) < 4.78 is 5.55. The molecule has 3 nitrogen and oxygen atoms in total. The van der Waals surface area contributed by atoms with Crippen LogP contribution in [0.5, 0.6) is 0 Å². The van der Waals surface area contributed by atoms with Gasteiger partial charge in [-0.3, -0.25) is 4.90 Å². The molecule has 0 aromatic rings. The molecule has 0 aromatic carbocycles. The molecule has 18 heavy (non-hydrogen) atoms. The number of unbranched alkanes of at least 4 members (excludes halogenated alkanes) is 3. The number of hydrogen-bond donors (Lipinski definition) is 1. The Balaban J connectivity index is 1.46. The van der Waals surface area contributed by atoms with Gasteiger partial charge in [0.05, 0.1) is 13.2 Å². The van der Waals surface area contributed by atoms with Gasteiger partial charge < -0.3 is 10.1 Å². The van der Waals surface area contributed by atoms with E-state index in [-0.39, 0.29) is 5.54 Å². The van der Waals surface area contributed by atoms with Crippen LogP contribution in [0.3, 0.4) is 0 Å². The van der Waals surface area contributed by atoms with E-state index >= 15 is 0 Å². The Bertz CT molecular complexity index is 239. The number of hydrogen-bond acceptors (Lipinski definition) is 3. The van der Waals surface area contributed by atoms with Crippen LogP contribution in [0, 0.1) is 0 Å². The van der Waals surface area contributed by atoms with E-state index < -0.39 is 0 Å². The molecule has 1 heterocycles. The molecule has 1 saturated heterocycles.